The van der Waals surface area contributed by atoms with Crippen LogP contribution in [0.1, 0.15) is 19.8 Å². The van der Waals surface area contributed by atoms with Gasteiger partial charge in [0.25, 0.3) is 5.91 Å². The van der Waals surface area contributed by atoms with Crippen LogP contribution < -0.4 is 5.32 Å². The van der Waals surface area contributed by atoms with Crippen LogP contribution in [0.5, 0.6) is 0 Å². The third-order valence-corrected chi connectivity index (χ3v) is 3.63. The second-order valence-electron chi connectivity index (χ2n) is 5.30. The van der Waals surface area contributed by atoms with Crippen LogP contribution in [0.2, 0.25) is 0 Å². The number of rotatable bonds is 3. The van der Waals surface area contributed by atoms with E-state index in [1.165, 1.54) is 18.3 Å². The van der Waals surface area contributed by atoms with Crippen molar-refractivity contribution in [2.75, 3.05) is 18.4 Å². The maximum atomic E-state index is 13.1. The number of carbonyl (C=O) groups is 1. The number of benzene rings is 1. The maximum absolute atomic E-state index is 13.1. The van der Waals surface area contributed by atoms with Crippen molar-refractivity contribution in [1.82, 2.24) is 4.90 Å². The number of amides is 1. The van der Waals surface area contributed by atoms with Gasteiger partial charge < -0.3 is 10.2 Å². The summed E-state index contributed by atoms with van der Waals surface area (Å²) < 4.78 is 13.1. The molecule has 0 aromatic heterocycles. The molecule has 0 spiro atoms. The molecular formula is C16H18FN3O. The Labute approximate surface area is 123 Å². The van der Waals surface area contributed by atoms with Gasteiger partial charge in [-0.15, -0.1) is 0 Å². The number of likely N-dealkylation sites (tertiary alicyclic amines) is 1. The van der Waals surface area contributed by atoms with Crippen molar-refractivity contribution < 1.29 is 9.18 Å². The summed E-state index contributed by atoms with van der Waals surface area (Å²) in [7, 11) is 0. The van der Waals surface area contributed by atoms with E-state index in [0.717, 1.165) is 12.8 Å². The first-order valence-corrected chi connectivity index (χ1v) is 7.02. The van der Waals surface area contributed by atoms with Crippen LogP contribution in [-0.4, -0.2) is 23.9 Å². The fraction of sp³-hybridized carbons (Fsp3) is 0.375. The van der Waals surface area contributed by atoms with Gasteiger partial charge in [0.2, 0.25) is 0 Å². The van der Waals surface area contributed by atoms with E-state index in [1.54, 1.807) is 17.0 Å². The third kappa shape index (κ3) is 4.06. The quantitative estimate of drug-likeness (QED) is 0.687. The second kappa shape index (κ2) is 6.89. The molecule has 0 bridgehead atoms. The predicted molar refractivity (Wildman–Crippen MR) is 78.7 cm³/mol. The molecule has 1 fully saturated rings. The first-order chi connectivity index (χ1) is 10.1. The Morgan fingerprint density at radius 3 is 2.81 bits per heavy atom. The van der Waals surface area contributed by atoms with Crippen LogP contribution in [0.3, 0.4) is 0 Å². The molecule has 110 valence electrons. The number of nitriles is 1. The van der Waals surface area contributed by atoms with Crippen LogP contribution in [0.4, 0.5) is 10.1 Å². The van der Waals surface area contributed by atoms with E-state index < -0.39 is 0 Å². The van der Waals surface area contributed by atoms with Gasteiger partial charge in [0, 0.05) is 25.0 Å². The lowest BCUT2D eigenvalue weighted by molar-refractivity contribution is -0.128. The number of hydrogen-bond acceptors (Lipinski definition) is 3. The Hall–Kier alpha value is -2.35. The highest BCUT2D eigenvalue weighted by atomic mass is 19.1. The van der Waals surface area contributed by atoms with Crippen LogP contribution in [0.25, 0.3) is 0 Å². The van der Waals surface area contributed by atoms with E-state index in [0.29, 0.717) is 24.7 Å². The monoisotopic (exact) mass is 287 g/mol. The Morgan fingerprint density at radius 1 is 1.48 bits per heavy atom. The number of halogens is 1. The Bertz CT molecular complexity index is 583. The van der Waals surface area contributed by atoms with Gasteiger partial charge in [0.05, 0.1) is 0 Å². The zero-order chi connectivity index (χ0) is 15.2. The molecule has 1 aromatic rings. The van der Waals surface area contributed by atoms with Crippen LogP contribution in [0.15, 0.2) is 36.0 Å². The molecule has 1 saturated heterocycles. The maximum Gasteiger partial charge on any atom is 0.266 e. The highest BCUT2D eigenvalue weighted by molar-refractivity contribution is 5.97. The van der Waals surface area contributed by atoms with Crippen molar-refractivity contribution in [3.63, 3.8) is 0 Å². The van der Waals surface area contributed by atoms with Crippen molar-refractivity contribution in [3.8, 4) is 6.07 Å². The van der Waals surface area contributed by atoms with E-state index >= 15 is 0 Å². The standard InChI is InChI=1S/C16H18FN3O/c1-12-5-7-20(8-6-12)16(21)13(10-18)11-19-15-4-2-3-14(17)9-15/h2-4,9,11-12,19H,5-8H2,1H3/b13-11-. The molecule has 0 aliphatic carbocycles. The van der Waals surface area contributed by atoms with E-state index in [9.17, 15) is 9.18 Å². The summed E-state index contributed by atoms with van der Waals surface area (Å²) in [6.07, 6.45) is 3.26. The molecule has 2 rings (SSSR count). The minimum Gasteiger partial charge on any atom is -0.360 e. The van der Waals surface area contributed by atoms with Gasteiger partial charge in [0.15, 0.2) is 0 Å². The summed E-state index contributed by atoms with van der Waals surface area (Å²) >= 11 is 0. The van der Waals surface area contributed by atoms with Crippen LogP contribution >= 0.6 is 0 Å². The third-order valence-electron chi connectivity index (χ3n) is 3.63. The zero-order valence-electron chi connectivity index (χ0n) is 12.0. The normalized spacial score (nSPS) is 16.4. The van der Waals surface area contributed by atoms with E-state index in [-0.39, 0.29) is 17.3 Å². The molecule has 0 unspecified atom stereocenters. The van der Waals surface area contributed by atoms with Crippen molar-refractivity contribution in [2.45, 2.75) is 19.8 Å². The molecule has 0 radical (unpaired) electrons. The lowest BCUT2D eigenvalue weighted by atomic mass is 9.99. The van der Waals surface area contributed by atoms with Crippen molar-refractivity contribution >= 4 is 11.6 Å². The minimum absolute atomic E-state index is 0.0359. The van der Waals surface area contributed by atoms with Gasteiger partial charge in [-0.05, 0) is 37.0 Å². The van der Waals surface area contributed by atoms with Gasteiger partial charge in [-0.25, -0.2) is 4.39 Å². The summed E-state index contributed by atoms with van der Waals surface area (Å²) in [5, 5.41) is 11.9. The van der Waals surface area contributed by atoms with Crippen molar-refractivity contribution in [1.29, 1.82) is 5.26 Å². The first kappa shape index (κ1) is 15.0. The summed E-state index contributed by atoms with van der Waals surface area (Å²) in [6.45, 7) is 3.52. The van der Waals surface area contributed by atoms with Crippen LogP contribution in [-0.2, 0) is 4.79 Å². The Balaban J connectivity index is 2.03. The lowest BCUT2D eigenvalue weighted by Gasteiger charge is -2.30. The molecule has 1 heterocycles. The van der Waals surface area contributed by atoms with Gasteiger partial charge in [0.1, 0.15) is 17.5 Å². The fourth-order valence-corrected chi connectivity index (χ4v) is 2.26. The first-order valence-electron chi connectivity index (χ1n) is 7.02. The molecular weight excluding hydrogens is 269 g/mol. The Morgan fingerprint density at radius 2 is 2.19 bits per heavy atom. The predicted octanol–water partition coefficient (Wildman–Crippen LogP) is 2.90. The molecule has 1 N–H and O–H groups in total. The largest absolute Gasteiger partial charge is 0.360 e. The van der Waals surface area contributed by atoms with E-state index in [1.807, 2.05) is 6.07 Å². The van der Waals surface area contributed by atoms with E-state index in [4.69, 9.17) is 5.26 Å². The molecule has 5 heteroatoms. The zero-order valence-corrected chi connectivity index (χ0v) is 12.0. The second-order valence-corrected chi connectivity index (χ2v) is 5.30. The van der Waals surface area contributed by atoms with Crippen molar-refractivity contribution in [3.05, 3.63) is 41.9 Å². The molecule has 21 heavy (non-hydrogen) atoms. The number of hydrogen-bond donors (Lipinski definition) is 1. The number of nitrogens with one attached hydrogen (secondary N) is 1. The highest BCUT2D eigenvalue weighted by Gasteiger charge is 2.22. The van der Waals surface area contributed by atoms with E-state index in [2.05, 4.69) is 12.2 Å². The molecule has 1 aliphatic heterocycles. The molecule has 0 atom stereocenters. The van der Waals surface area contributed by atoms with Gasteiger partial charge >= 0.3 is 0 Å². The summed E-state index contributed by atoms with van der Waals surface area (Å²) in [5.74, 6) is -0.0226. The molecule has 1 aromatic carbocycles. The number of carbonyl (C=O) groups excluding carboxylic acids is 1. The SMILES string of the molecule is CC1CCN(C(=O)/C(C#N)=C\Nc2cccc(F)c2)CC1. The number of nitrogens with zero attached hydrogens (tertiary/aromatic N) is 2. The van der Waals surface area contributed by atoms with Gasteiger partial charge in [-0.1, -0.05) is 13.0 Å². The molecule has 4 nitrogen and oxygen atoms in total. The average molecular weight is 287 g/mol. The van der Waals surface area contributed by atoms with Gasteiger partial charge in [-0.3, -0.25) is 4.79 Å². The summed E-state index contributed by atoms with van der Waals surface area (Å²) in [4.78, 5) is 13.9. The summed E-state index contributed by atoms with van der Waals surface area (Å²) in [6, 6.07) is 7.78. The highest BCUT2D eigenvalue weighted by Crippen LogP contribution is 2.18. The fourth-order valence-electron chi connectivity index (χ4n) is 2.26. The average Bonchev–Trinajstić information content (AvgIpc) is 2.48. The van der Waals surface area contributed by atoms with Gasteiger partial charge in [-0.2, -0.15) is 5.26 Å². The molecule has 0 saturated carbocycles. The molecule has 1 amide bonds. The topological polar surface area (TPSA) is 56.1 Å². The minimum atomic E-state index is -0.372. The molecule has 1 aliphatic rings. The Kier molecular flexibility index (Phi) is 4.94. The van der Waals surface area contributed by atoms with Crippen LogP contribution in [0, 0.1) is 23.1 Å². The number of piperidine rings is 1. The smallest absolute Gasteiger partial charge is 0.266 e. The summed E-state index contributed by atoms with van der Waals surface area (Å²) in [5.41, 5.74) is 0.539. The lowest BCUT2D eigenvalue weighted by Crippen LogP contribution is -2.38. The number of anilines is 1. The van der Waals surface area contributed by atoms with Crippen molar-refractivity contribution in [2.24, 2.45) is 5.92 Å².